The van der Waals surface area contributed by atoms with Crippen LogP contribution < -0.4 is 0 Å². The van der Waals surface area contributed by atoms with Crippen molar-refractivity contribution >= 4 is 48.8 Å². The molecular formula is C31H19BrN2O. The molecule has 0 saturated carbocycles. The summed E-state index contributed by atoms with van der Waals surface area (Å²) in [5, 5.41) is 2.50. The molecule has 0 atom stereocenters. The maximum Gasteiger partial charge on any atom is 0.227 e. The number of hydrogen-bond acceptors (Lipinski definition) is 2. The molecule has 2 aromatic heterocycles. The number of nitrogens with zero attached hydrogens (tertiary/aromatic N) is 2. The van der Waals surface area contributed by atoms with Crippen molar-refractivity contribution in [2.45, 2.75) is 0 Å². The molecule has 0 amide bonds. The van der Waals surface area contributed by atoms with Gasteiger partial charge in [-0.2, -0.15) is 0 Å². The second kappa shape index (κ2) is 7.97. The van der Waals surface area contributed by atoms with Crippen molar-refractivity contribution in [3.63, 3.8) is 0 Å². The van der Waals surface area contributed by atoms with Crippen molar-refractivity contribution < 1.29 is 4.42 Å². The van der Waals surface area contributed by atoms with E-state index >= 15 is 0 Å². The van der Waals surface area contributed by atoms with E-state index in [1.807, 2.05) is 18.2 Å². The summed E-state index contributed by atoms with van der Waals surface area (Å²) >= 11 is 3.55. The van der Waals surface area contributed by atoms with Gasteiger partial charge in [-0.25, -0.2) is 4.98 Å². The molecule has 0 saturated heterocycles. The highest BCUT2D eigenvalue weighted by Crippen LogP contribution is 2.35. The van der Waals surface area contributed by atoms with Crippen molar-refractivity contribution in [1.29, 1.82) is 0 Å². The molecule has 166 valence electrons. The number of oxazole rings is 1. The quantitative estimate of drug-likeness (QED) is 0.235. The maximum absolute atomic E-state index is 5.99. The van der Waals surface area contributed by atoms with Crippen LogP contribution in [-0.4, -0.2) is 9.55 Å². The van der Waals surface area contributed by atoms with Crippen LogP contribution in [0.1, 0.15) is 0 Å². The minimum absolute atomic E-state index is 0.625. The van der Waals surface area contributed by atoms with Gasteiger partial charge in [0.15, 0.2) is 5.58 Å². The molecule has 2 heterocycles. The molecule has 5 aromatic carbocycles. The van der Waals surface area contributed by atoms with Gasteiger partial charge >= 0.3 is 0 Å². The van der Waals surface area contributed by atoms with Crippen LogP contribution in [-0.2, 0) is 0 Å². The predicted octanol–water partition coefficient (Wildman–Crippen LogP) is 9.02. The van der Waals surface area contributed by atoms with E-state index in [1.165, 1.54) is 33.1 Å². The van der Waals surface area contributed by atoms with Gasteiger partial charge in [-0.1, -0.05) is 60.7 Å². The number of para-hydroxylation sites is 3. The van der Waals surface area contributed by atoms with E-state index in [-0.39, 0.29) is 0 Å². The summed E-state index contributed by atoms with van der Waals surface area (Å²) in [5.41, 5.74) is 8.49. The fourth-order valence-electron chi connectivity index (χ4n) is 4.85. The number of hydrogen-bond donors (Lipinski definition) is 0. The van der Waals surface area contributed by atoms with Gasteiger partial charge in [0.05, 0.1) is 11.0 Å². The zero-order valence-corrected chi connectivity index (χ0v) is 20.2. The van der Waals surface area contributed by atoms with Crippen LogP contribution in [0.25, 0.3) is 61.2 Å². The highest BCUT2D eigenvalue weighted by Gasteiger charge is 2.14. The lowest BCUT2D eigenvalue weighted by atomic mass is 10.0. The maximum atomic E-state index is 5.99. The Balaban J connectivity index is 1.33. The van der Waals surface area contributed by atoms with E-state index in [2.05, 4.69) is 123 Å². The number of benzene rings is 5. The second-order valence-corrected chi connectivity index (χ2v) is 9.46. The molecule has 0 aliphatic heterocycles. The average molecular weight is 515 g/mol. The molecule has 0 unspecified atom stereocenters. The minimum atomic E-state index is 0.625. The molecular weight excluding hydrogens is 496 g/mol. The first kappa shape index (κ1) is 20.2. The molecule has 4 heteroatoms. The molecule has 0 fully saturated rings. The molecule has 0 N–H and O–H groups in total. The third-order valence-electron chi connectivity index (χ3n) is 6.52. The molecule has 35 heavy (non-hydrogen) atoms. The third-order valence-corrected chi connectivity index (χ3v) is 7.16. The Kier molecular flexibility index (Phi) is 4.61. The van der Waals surface area contributed by atoms with E-state index < -0.39 is 0 Å². The predicted molar refractivity (Wildman–Crippen MR) is 147 cm³/mol. The molecule has 0 spiro atoms. The van der Waals surface area contributed by atoms with E-state index in [0.29, 0.717) is 5.89 Å². The first-order valence-corrected chi connectivity index (χ1v) is 12.3. The summed E-state index contributed by atoms with van der Waals surface area (Å²) in [6.45, 7) is 0. The van der Waals surface area contributed by atoms with E-state index in [4.69, 9.17) is 4.42 Å². The Labute approximate surface area is 210 Å². The first-order valence-electron chi connectivity index (χ1n) is 11.5. The second-order valence-electron chi connectivity index (χ2n) is 8.60. The van der Waals surface area contributed by atoms with Gasteiger partial charge < -0.3 is 8.98 Å². The molecule has 0 radical (unpaired) electrons. The Bertz CT molecular complexity index is 1850. The van der Waals surface area contributed by atoms with E-state index in [1.54, 1.807) is 0 Å². The minimum Gasteiger partial charge on any atom is -0.436 e. The van der Waals surface area contributed by atoms with Crippen molar-refractivity contribution in [3.8, 4) is 28.3 Å². The highest BCUT2D eigenvalue weighted by molar-refractivity contribution is 9.10. The topological polar surface area (TPSA) is 31.0 Å². The molecule has 3 nitrogen and oxygen atoms in total. The largest absolute Gasteiger partial charge is 0.436 e. The average Bonchev–Trinajstić information content (AvgIpc) is 3.50. The molecule has 7 aromatic rings. The lowest BCUT2D eigenvalue weighted by molar-refractivity contribution is 0.620. The van der Waals surface area contributed by atoms with Crippen LogP contribution in [0.4, 0.5) is 0 Å². The summed E-state index contributed by atoms with van der Waals surface area (Å²) in [6, 6.07) is 40.1. The normalized spacial score (nSPS) is 11.6. The van der Waals surface area contributed by atoms with E-state index in [9.17, 15) is 0 Å². The molecule has 0 aliphatic rings. The zero-order valence-electron chi connectivity index (χ0n) is 18.7. The van der Waals surface area contributed by atoms with Crippen molar-refractivity contribution in [1.82, 2.24) is 9.55 Å². The third kappa shape index (κ3) is 3.29. The number of halogens is 1. The van der Waals surface area contributed by atoms with Crippen LogP contribution in [0.15, 0.2) is 124 Å². The molecule has 0 bridgehead atoms. The lowest BCUT2D eigenvalue weighted by Gasteiger charge is -2.08. The first-order chi connectivity index (χ1) is 17.3. The monoisotopic (exact) mass is 514 g/mol. The van der Waals surface area contributed by atoms with Crippen molar-refractivity contribution in [3.05, 3.63) is 120 Å². The fraction of sp³-hybridized carbons (Fsp3) is 0. The lowest BCUT2D eigenvalue weighted by Crippen LogP contribution is -1.92. The molecule has 7 rings (SSSR count). The summed E-state index contributed by atoms with van der Waals surface area (Å²) in [6.07, 6.45) is 0. The van der Waals surface area contributed by atoms with Crippen LogP contribution >= 0.6 is 15.9 Å². The van der Waals surface area contributed by atoms with Gasteiger partial charge in [-0.3, -0.25) is 0 Å². The Morgan fingerprint density at radius 2 is 1.31 bits per heavy atom. The summed E-state index contributed by atoms with van der Waals surface area (Å²) < 4.78 is 9.26. The van der Waals surface area contributed by atoms with Gasteiger partial charge in [0.2, 0.25) is 5.89 Å². The SMILES string of the molecule is Brc1cccc2oc(-c3ccc(-c4ccc5c(c4)c4ccccc4n5-c4ccccc4)cc3)nc12. The van der Waals surface area contributed by atoms with Crippen molar-refractivity contribution in [2.24, 2.45) is 0 Å². The van der Waals surface area contributed by atoms with Gasteiger partial charge in [0.1, 0.15) is 5.52 Å². The molecule has 0 aliphatic carbocycles. The van der Waals surface area contributed by atoms with Crippen LogP contribution in [0.2, 0.25) is 0 Å². The van der Waals surface area contributed by atoms with Crippen molar-refractivity contribution in [2.75, 3.05) is 0 Å². The summed E-state index contributed by atoms with van der Waals surface area (Å²) in [7, 11) is 0. The standard InChI is InChI=1S/C31H19BrN2O/c32-26-10-6-12-29-30(26)33-31(35-29)21-15-13-20(14-16-21)22-17-18-28-25(19-22)24-9-4-5-11-27(24)34(28)23-7-2-1-3-8-23/h1-19H. The highest BCUT2D eigenvalue weighted by atomic mass is 79.9. The van der Waals surface area contributed by atoms with Gasteiger partial charge in [-0.15, -0.1) is 0 Å². The number of rotatable bonds is 3. The smallest absolute Gasteiger partial charge is 0.227 e. The Morgan fingerprint density at radius 1 is 0.600 bits per heavy atom. The Hall–Kier alpha value is -4.15. The number of fused-ring (bicyclic) bond motifs is 4. The van der Waals surface area contributed by atoms with Crippen LogP contribution in [0, 0.1) is 0 Å². The fourth-order valence-corrected chi connectivity index (χ4v) is 5.29. The summed E-state index contributed by atoms with van der Waals surface area (Å²) in [4.78, 5) is 4.68. The van der Waals surface area contributed by atoms with Gasteiger partial charge in [0.25, 0.3) is 0 Å². The summed E-state index contributed by atoms with van der Waals surface area (Å²) in [5.74, 6) is 0.625. The number of aromatic nitrogens is 2. The zero-order chi connectivity index (χ0) is 23.4. The van der Waals surface area contributed by atoms with E-state index in [0.717, 1.165) is 26.7 Å². The van der Waals surface area contributed by atoms with Gasteiger partial charge in [-0.05, 0) is 81.7 Å². The Morgan fingerprint density at radius 3 is 2.14 bits per heavy atom. The van der Waals surface area contributed by atoms with Crippen LogP contribution in [0.5, 0.6) is 0 Å². The van der Waals surface area contributed by atoms with Crippen LogP contribution in [0.3, 0.4) is 0 Å². The van der Waals surface area contributed by atoms with Gasteiger partial charge in [0, 0.05) is 26.5 Å².